The summed E-state index contributed by atoms with van der Waals surface area (Å²) in [5.74, 6) is 0. The van der Waals surface area contributed by atoms with E-state index in [0.29, 0.717) is 6.04 Å². The molecule has 1 rings (SSSR count). The maximum absolute atomic E-state index is 4.68. The molecule has 0 spiro atoms. The van der Waals surface area contributed by atoms with Gasteiger partial charge in [0.15, 0.2) is 0 Å². The van der Waals surface area contributed by atoms with Crippen molar-refractivity contribution in [3.63, 3.8) is 0 Å². The monoisotopic (exact) mass is 252 g/mol. The van der Waals surface area contributed by atoms with Gasteiger partial charge in [0, 0.05) is 12.7 Å². The number of aromatic nitrogens is 2. The van der Waals surface area contributed by atoms with E-state index in [9.17, 15) is 0 Å². The summed E-state index contributed by atoms with van der Waals surface area (Å²) in [4.78, 5) is 2.33. The lowest BCUT2D eigenvalue weighted by atomic mass is 10.2. The molecule has 0 amide bonds. The van der Waals surface area contributed by atoms with Crippen LogP contribution in [0.3, 0.4) is 0 Å². The number of nitrogens with zero attached hydrogens (tertiary/aromatic N) is 3. The molecule has 0 aromatic carbocycles. The average Bonchev–Trinajstić information content (AvgIpc) is 2.79. The second-order valence-corrected chi connectivity index (χ2v) is 4.95. The van der Waals surface area contributed by atoms with E-state index >= 15 is 0 Å². The maximum Gasteiger partial charge on any atom is 0.0764 e. The van der Waals surface area contributed by atoms with E-state index in [0.717, 1.165) is 32.5 Å². The fourth-order valence-corrected chi connectivity index (χ4v) is 2.21. The molecule has 0 saturated carbocycles. The third-order valence-electron chi connectivity index (χ3n) is 3.38. The molecule has 4 nitrogen and oxygen atoms in total. The van der Waals surface area contributed by atoms with E-state index in [4.69, 9.17) is 0 Å². The summed E-state index contributed by atoms with van der Waals surface area (Å²) in [5, 5.41) is 7.85. The van der Waals surface area contributed by atoms with Crippen LogP contribution in [-0.4, -0.2) is 41.9 Å². The van der Waals surface area contributed by atoms with Gasteiger partial charge in [-0.3, -0.25) is 4.68 Å². The summed E-state index contributed by atoms with van der Waals surface area (Å²) in [5.41, 5.74) is 1.17. The van der Waals surface area contributed by atoms with Crippen LogP contribution < -0.4 is 5.32 Å². The van der Waals surface area contributed by atoms with Crippen LogP contribution in [0.5, 0.6) is 0 Å². The van der Waals surface area contributed by atoms with Crippen molar-refractivity contribution in [3.05, 3.63) is 18.0 Å². The van der Waals surface area contributed by atoms with E-state index in [1.54, 1.807) is 0 Å². The minimum Gasteiger partial charge on any atom is -0.320 e. The van der Waals surface area contributed by atoms with Gasteiger partial charge in [-0.05, 0) is 52.5 Å². The predicted molar refractivity (Wildman–Crippen MR) is 76.7 cm³/mol. The van der Waals surface area contributed by atoms with Gasteiger partial charge in [-0.25, -0.2) is 0 Å². The highest BCUT2D eigenvalue weighted by atomic mass is 15.3. The molecule has 104 valence electrons. The largest absolute Gasteiger partial charge is 0.320 e. The summed E-state index contributed by atoms with van der Waals surface area (Å²) in [6.07, 6.45) is 5.60. The van der Waals surface area contributed by atoms with Crippen LogP contribution in [0.25, 0.3) is 0 Å². The van der Waals surface area contributed by atoms with Crippen molar-refractivity contribution in [1.82, 2.24) is 20.0 Å². The first-order valence-corrected chi connectivity index (χ1v) is 7.08. The molecular formula is C14H28N4. The second kappa shape index (κ2) is 8.27. The molecule has 1 aromatic rings. The number of hydrogen-bond acceptors (Lipinski definition) is 3. The molecule has 1 N–H and O–H groups in total. The zero-order valence-corrected chi connectivity index (χ0v) is 12.3. The first kappa shape index (κ1) is 15.2. The summed E-state index contributed by atoms with van der Waals surface area (Å²) >= 11 is 0. The Hall–Kier alpha value is -0.870. The second-order valence-electron chi connectivity index (χ2n) is 4.95. The summed E-state index contributed by atoms with van der Waals surface area (Å²) in [6.45, 7) is 7.57. The van der Waals surface area contributed by atoms with Crippen molar-refractivity contribution in [2.75, 3.05) is 27.2 Å². The number of nitrogens with one attached hydrogen (secondary N) is 1. The molecule has 1 heterocycles. The Labute approximate surface area is 111 Å². The van der Waals surface area contributed by atoms with Crippen molar-refractivity contribution in [3.8, 4) is 0 Å². The van der Waals surface area contributed by atoms with Crippen LogP contribution in [-0.2, 0) is 6.54 Å². The smallest absolute Gasteiger partial charge is 0.0764 e. The zero-order chi connectivity index (χ0) is 13.4. The van der Waals surface area contributed by atoms with Gasteiger partial charge in [0.25, 0.3) is 0 Å². The van der Waals surface area contributed by atoms with Crippen molar-refractivity contribution < 1.29 is 0 Å². The molecule has 0 aliphatic heterocycles. The van der Waals surface area contributed by atoms with Gasteiger partial charge in [-0.15, -0.1) is 0 Å². The van der Waals surface area contributed by atoms with E-state index < -0.39 is 0 Å². The number of hydrogen-bond donors (Lipinski definition) is 1. The lowest BCUT2D eigenvalue weighted by molar-refractivity contribution is 0.313. The predicted octanol–water partition coefficient (Wildman–Crippen LogP) is 2.29. The van der Waals surface area contributed by atoms with E-state index in [1.807, 2.05) is 7.05 Å². The summed E-state index contributed by atoms with van der Waals surface area (Å²) in [7, 11) is 4.16. The van der Waals surface area contributed by atoms with Gasteiger partial charge >= 0.3 is 0 Å². The van der Waals surface area contributed by atoms with Crippen molar-refractivity contribution >= 4 is 0 Å². The molecule has 0 aliphatic rings. The van der Waals surface area contributed by atoms with E-state index in [1.165, 1.54) is 12.1 Å². The third kappa shape index (κ3) is 4.78. The first-order valence-electron chi connectivity index (χ1n) is 7.08. The molecule has 0 saturated heterocycles. The Morgan fingerprint density at radius 3 is 2.72 bits per heavy atom. The van der Waals surface area contributed by atoms with E-state index in [2.05, 4.69) is 53.2 Å². The standard InChI is InChI=1S/C14H28N4/c1-5-14(6-2)18-11-8-13(16-18)12-17(4)10-7-9-15-3/h8,11,14-15H,5-7,9-10,12H2,1-4H3. The van der Waals surface area contributed by atoms with E-state index in [-0.39, 0.29) is 0 Å². The molecule has 1 aromatic heterocycles. The van der Waals surface area contributed by atoms with Gasteiger partial charge in [-0.1, -0.05) is 13.8 Å². The molecule has 0 atom stereocenters. The van der Waals surface area contributed by atoms with Crippen molar-refractivity contribution in [2.24, 2.45) is 0 Å². The minimum absolute atomic E-state index is 0.549. The van der Waals surface area contributed by atoms with Crippen LogP contribution in [0.4, 0.5) is 0 Å². The zero-order valence-electron chi connectivity index (χ0n) is 12.3. The lowest BCUT2D eigenvalue weighted by Gasteiger charge is -2.15. The Morgan fingerprint density at radius 1 is 1.39 bits per heavy atom. The SMILES string of the molecule is CCC(CC)n1ccc(CN(C)CCCNC)n1. The highest BCUT2D eigenvalue weighted by Gasteiger charge is 2.08. The molecule has 0 fully saturated rings. The molecular weight excluding hydrogens is 224 g/mol. The molecule has 0 bridgehead atoms. The van der Waals surface area contributed by atoms with Crippen LogP contribution in [0.2, 0.25) is 0 Å². The van der Waals surface area contributed by atoms with Gasteiger partial charge in [-0.2, -0.15) is 5.10 Å². The Bertz CT molecular complexity index is 317. The fourth-order valence-electron chi connectivity index (χ4n) is 2.21. The van der Waals surface area contributed by atoms with Gasteiger partial charge in [0.05, 0.1) is 11.7 Å². The lowest BCUT2D eigenvalue weighted by Crippen LogP contribution is -2.22. The van der Waals surface area contributed by atoms with Gasteiger partial charge in [0.2, 0.25) is 0 Å². The van der Waals surface area contributed by atoms with Crippen LogP contribution in [0, 0.1) is 0 Å². The third-order valence-corrected chi connectivity index (χ3v) is 3.38. The Balaban J connectivity index is 2.43. The van der Waals surface area contributed by atoms with Gasteiger partial charge in [0.1, 0.15) is 0 Å². The summed E-state index contributed by atoms with van der Waals surface area (Å²) in [6, 6.07) is 2.70. The highest BCUT2D eigenvalue weighted by molar-refractivity contribution is 4.99. The van der Waals surface area contributed by atoms with Crippen LogP contribution in [0.15, 0.2) is 12.3 Å². The Morgan fingerprint density at radius 2 is 2.11 bits per heavy atom. The van der Waals surface area contributed by atoms with Gasteiger partial charge < -0.3 is 10.2 Å². The highest BCUT2D eigenvalue weighted by Crippen LogP contribution is 2.14. The molecule has 18 heavy (non-hydrogen) atoms. The Kier molecular flexibility index (Phi) is 6.98. The number of rotatable bonds is 9. The molecule has 0 aliphatic carbocycles. The first-order chi connectivity index (χ1) is 8.71. The topological polar surface area (TPSA) is 33.1 Å². The normalized spacial score (nSPS) is 11.7. The van der Waals surface area contributed by atoms with Crippen molar-refractivity contribution in [1.29, 1.82) is 0 Å². The minimum atomic E-state index is 0.549. The molecule has 0 radical (unpaired) electrons. The quantitative estimate of drug-likeness (QED) is 0.685. The van der Waals surface area contributed by atoms with Crippen LogP contribution >= 0.6 is 0 Å². The maximum atomic E-state index is 4.68. The molecule has 4 heteroatoms. The average molecular weight is 252 g/mol. The summed E-state index contributed by atoms with van der Waals surface area (Å²) < 4.78 is 2.12. The van der Waals surface area contributed by atoms with Crippen molar-refractivity contribution in [2.45, 2.75) is 45.7 Å². The fraction of sp³-hybridized carbons (Fsp3) is 0.786. The van der Waals surface area contributed by atoms with Crippen LogP contribution in [0.1, 0.15) is 44.8 Å². The molecule has 0 unspecified atom stereocenters.